The summed E-state index contributed by atoms with van der Waals surface area (Å²) in [5.74, 6) is 0.648. The van der Waals surface area contributed by atoms with Crippen LogP contribution in [0.15, 0.2) is 54.6 Å². The Morgan fingerprint density at radius 1 is 1.10 bits per heavy atom. The van der Waals surface area contributed by atoms with Gasteiger partial charge in [0.25, 0.3) is 0 Å². The van der Waals surface area contributed by atoms with Crippen molar-refractivity contribution in [3.8, 4) is 11.4 Å². The average molecular weight is 407 g/mol. The van der Waals surface area contributed by atoms with Crippen LogP contribution in [0.25, 0.3) is 11.4 Å². The van der Waals surface area contributed by atoms with Gasteiger partial charge in [-0.3, -0.25) is 9.59 Å². The van der Waals surface area contributed by atoms with Crippen LogP contribution in [0.1, 0.15) is 31.6 Å². The Morgan fingerprint density at radius 2 is 1.90 bits per heavy atom. The van der Waals surface area contributed by atoms with Crippen LogP contribution in [-0.4, -0.2) is 38.0 Å². The fourth-order valence-corrected chi connectivity index (χ4v) is 3.67. The van der Waals surface area contributed by atoms with Crippen LogP contribution in [0.3, 0.4) is 0 Å². The molecule has 7 nitrogen and oxygen atoms in total. The van der Waals surface area contributed by atoms with Crippen LogP contribution in [0.5, 0.6) is 0 Å². The molecular weight excluding hydrogens is 385 g/mol. The number of carbonyl (C=O) groups excluding carboxylic acids is 2. The topological polar surface area (TPSA) is 80.1 Å². The second-order valence-electron chi connectivity index (χ2n) is 7.36. The van der Waals surface area contributed by atoms with E-state index in [1.165, 1.54) is 18.2 Å². The van der Waals surface area contributed by atoms with Crippen LogP contribution in [0, 0.1) is 5.82 Å². The maximum absolute atomic E-state index is 13.2. The Morgan fingerprint density at radius 3 is 2.67 bits per heavy atom. The van der Waals surface area contributed by atoms with E-state index in [0.717, 1.165) is 17.2 Å². The molecule has 0 aliphatic carbocycles. The SMILES string of the molecule is C[C@H]1CN(C(=O)CCC(=O)Nc2cccc(F)c2)Cc2nnc(-c3ccccc3)n21. The molecule has 154 valence electrons. The van der Waals surface area contributed by atoms with Gasteiger partial charge in [-0.2, -0.15) is 0 Å². The number of amides is 2. The summed E-state index contributed by atoms with van der Waals surface area (Å²) < 4.78 is 15.3. The Hall–Kier alpha value is -3.55. The molecule has 4 rings (SSSR count). The number of nitrogens with zero attached hydrogens (tertiary/aromatic N) is 4. The number of halogens is 1. The molecule has 0 unspecified atom stereocenters. The Bertz CT molecular complexity index is 1070. The number of carbonyl (C=O) groups is 2. The lowest BCUT2D eigenvalue weighted by Crippen LogP contribution is -2.40. The molecule has 0 saturated heterocycles. The molecule has 1 aliphatic heterocycles. The average Bonchev–Trinajstić information content (AvgIpc) is 3.17. The predicted molar refractivity (Wildman–Crippen MR) is 110 cm³/mol. The minimum Gasteiger partial charge on any atom is -0.333 e. The number of aromatic nitrogens is 3. The zero-order chi connectivity index (χ0) is 21.1. The minimum absolute atomic E-state index is 0.0176. The van der Waals surface area contributed by atoms with Crippen molar-refractivity contribution in [3.05, 3.63) is 66.2 Å². The summed E-state index contributed by atoms with van der Waals surface area (Å²) in [5, 5.41) is 11.2. The molecule has 1 atom stereocenters. The molecule has 2 aromatic carbocycles. The first-order chi connectivity index (χ1) is 14.5. The van der Waals surface area contributed by atoms with E-state index in [4.69, 9.17) is 0 Å². The summed E-state index contributed by atoms with van der Waals surface area (Å²) in [7, 11) is 0. The van der Waals surface area contributed by atoms with Crippen LogP contribution in [0.2, 0.25) is 0 Å². The maximum Gasteiger partial charge on any atom is 0.224 e. The lowest BCUT2D eigenvalue weighted by atomic mass is 10.1. The molecular formula is C22H22FN5O2. The van der Waals surface area contributed by atoms with Gasteiger partial charge >= 0.3 is 0 Å². The maximum atomic E-state index is 13.2. The molecule has 0 saturated carbocycles. The van der Waals surface area contributed by atoms with Crippen LogP contribution >= 0.6 is 0 Å². The normalized spacial score (nSPS) is 15.5. The van der Waals surface area contributed by atoms with Crippen molar-refractivity contribution in [2.75, 3.05) is 11.9 Å². The van der Waals surface area contributed by atoms with Gasteiger partial charge in [0.2, 0.25) is 11.8 Å². The zero-order valence-corrected chi connectivity index (χ0v) is 16.6. The van der Waals surface area contributed by atoms with E-state index in [1.54, 1.807) is 11.0 Å². The van der Waals surface area contributed by atoms with Crippen molar-refractivity contribution in [1.82, 2.24) is 19.7 Å². The van der Waals surface area contributed by atoms with Crippen molar-refractivity contribution >= 4 is 17.5 Å². The summed E-state index contributed by atoms with van der Waals surface area (Å²) in [6.07, 6.45) is 0.107. The second-order valence-corrected chi connectivity index (χ2v) is 7.36. The monoisotopic (exact) mass is 407 g/mol. The van der Waals surface area contributed by atoms with Gasteiger partial charge in [-0.05, 0) is 25.1 Å². The number of hydrogen-bond acceptors (Lipinski definition) is 4. The highest BCUT2D eigenvalue weighted by Crippen LogP contribution is 2.27. The zero-order valence-electron chi connectivity index (χ0n) is 16.6. The van der Waals surface area contributed by atoms with Crippen LogP contribution < -0.4 is 5.32 Å². The van der Waals surface area contributed by atoms with Crippen molar-refractivity contribution < 1.29 is 14.0 Å². The van der Waals surface area contributed by atoms with E-state index in [2.05, 4.69) is 20.1 Å². The van der Waals surface area contributed by atoms with Gasteiger partial charge in [0.05, 0.1) is 12.6 Å². The summed E-state index contributed by atoms with van der Waals surface area (Å²) in [6.45, 7) is 2.90. The number of fused-ring (bicyclic) bond motifs is 1. The number of nitrogens with one attached hydrogen (secondary N) is 1. The molecule has 1 N–H and O–H groups in total. The largest absolute Gasteiger partial charge is 0.333 e. The Labute approximate surface area is 173 Å². The fourth-order valence-electron chi connectivity index (χ4n) is 3.67. The number of benzene rings is 2. The predicted octanol–water partition coefficient (Wildman–Crippen LogP) is 3.41. The molecule has 2 heterocycles. The Balaban J connectivity index is 1.37. The molecule has 1 aliphatic rings. The van der Waals surface area contributed by atoms with E-state index in [-0.39, 0.29) is 30.7 Å². The van der Waals surface area contributed by atoms with E-state index in [0.29, 0.717) is 18.8 Å². The first-order valence-electron chi connectivity index (χ1n) is 9.83. The van der Waals surface area contributed by atoms with Gasteiger partial charge in [-0.15, -0.1) is 10.2 Å². The fraction of sp³-hybridized carbons (Fsp3) is 0.273. The number of hydrogen-bond donors (Lipinski definition) is 1. The van der Waals surface area contributed by atoms with E-state index >= 15 is 0 Å². The molecule has 0 spiro atoms. The van der Waals surface area contributed by atoms with Gasteiger partial charge in [0.1, 0.15) is 5.82 Å². The third-order valence-electron chi connectivity index (χ3n) is 5.08. The standard InChI is InChI=1S/C22H22FN5O2/c1-15-13-27(14-19-25-26-22(28(15)19)16-6-3-2-4-7-16)21(30)11-10-20(29)24-18-9-5-8-17(23)12-18/h2-9,12,15H,10-11,13-14H2,1H3,(H,24,29)/t15-/m0/s1. The summed E-state index contributed by atoms with van der Waals surface area (Å²) in [6, 6.07) is 15.5. The molecule has 0 radical (unpaired) electrons. The van der Waals surface area contributed by atoms with Crippen molar-refractivity contribution in [1.29, 1.82) is 0 Å². The highest BCUT2D eigenvalue weighted by molar-refractivity contribution is 5.93. The van der Waals surface area contributed by atoms with Crippen LogP contribution in [-0.2, 0) is 16.1 Å². The van der Waals surface area contributed by atoms with E-state index in [9.17, 15) is 14.0 Å². The molecule has 1 aromatic heterocycles. The molecule has 3 aromatic rings. The number of rotatable bonds is 5. The van der Waals surface area contributed by atoms with Gasteiger partial charge in [0.15, 0.2) is 11.6 Å². The molecule has 30 heavy (non-hydrogen) atoms. The summed E-state index contributed by atoms with van der Waals surface area (Å²) >= 11 is 0. The van der Waals surface area contributed by atoms with Crippen LogP contribution in [0.4, 0.5) is 10.1 Å². The van der Waals surface area contributed by atoms with E-state index < -0.39 is 5.82 Å². The molecule has 0 fully saturated rings. The molecule has 0 bridgehead atoms. The van der Waals surface area contributed by atoms with Crippen molar-refractivity contribution in [2.24, 2.45) is 0 Å². The van der Waals surface area contributed by atoms with Gasteiger partial charge in [-0.1, -0.05) is 36.4 Å². The third kappa shape index (κ3) is 4.22. The smallest absolute Gasteiger partial charge is 0.224 e. The Kier molecular flexibility index (Phi) is 5.56. The third-order valence-corrected chi connectivity index (χ3v) is 5.08. The first kappa shape index (κ1) is 19.8. The van der Waals surface area contributed by atoms with Gasteiger partial charge < -0.3 is 14.8 Å². The highest BCUT2D eigenvalue weighted by atomic mass is 19.1. The minimum atomic E-state index is -0.426. The highest BCUT2D eigenvalue weighted by Gasteiger charge is 2.29. The van der Waals surface area contributed by atoms with Gasteiger partial charge in [-0.25, -0.2) is 4.39 Å². The quantitative estimate of drug-likeness (QED) is 0.703. The molecule has 8 heteroatoms. The summed E-state index contributed by atoms with van der Waals surface area (Å²) in [4.78, 5) is 26.5. The first-order valence-corrected chi connectivity index (χ1v) is 9.83. The molecule has 2 amide bonds. The lowest BCUT2D eigenvalue weighted by Gasteiger charge is -2.32. The van der Waals surface area contributed by atoms with Crippen molar-refractivity contribution in [2.45, 2.75) is 32.4 Å². The summed E-state index contributed by atoms with van der Waals surface area (Å²) in [5.41, 5.74) is 1.36. The van der Waals surface area contributed by atoms with E-state index in [1.807, 2.05) is 37.3 Å². The number of anilines is 1. The second kappa shape index (κ2) is 8.44. The van der Waals surface area contributed by atoms with Gasteiger partial charge in [0, 0.05) is 30.6 Å². The van der Waals surface area contributed by atoms with Crippen molar-refractivity contribution in [3.63, 3.8) is 0 Å². The lowest BCUT2D eigenvalue weighted by molar-refractivity contribution is -0.134.